The van der Waals surface area contributed by atoms with Gasteiger partial charge >= 0.3 is 19.8 Å². The average molecular weight is 1140 g/mol. The normalized spacial score (nSPS) is 13.1. The van der Waals surface area contributed by atoms with Crippen LogP contribution in [0.4, 0.5) is 0 Å². The summed E-state index contributed by atoms with van der Waals surface area (Å²) in [4.78, 5) is 35.8. The number of unbranched alkanes of at least 4 members (excludes halogenated alkanes) is 50. The van der Waals surface area contributed by atoms with Gasteiger partial charge in [-0.2, -0.15) is 0 Å². The molecule has 0 spiro atoms. The molecule has 0 heterocycles. The molecular formula is C69H137NO8P+. The van der Waals surface area contributed by atoms with E-state index in [2.05, 4.69) is 26.0 Å². The average Bonchev–Trinajstić information content (AvgIpc) is 3.41. The number of likely N-dealkylation sites (N-methyl/N-ethyl adjacent to an activating group) is 1. The topological polar surface area (TPSA) is 108 Å². The zero-order valence-corrected chi connectivity index (χ0v) is 54.5. The van der Waals surface area contributed by atoms with Gasteiger partial charge in [0.1, 0.15) is 19.8 Å². The molecule has 1 N–H and O–H groups in total. The van der Waals surface area contributed by atoms with E-state index in [1.165, 1.54) is 302 Å². The van der Waals surface area contributed by atoms with E-state index in [0.29, 0.717) is 23.9 Å². The van der Waals surface area contributed by atoms with Crippen LogP contribution >= 0.6 is 7.82 Å². The number of nitrogens with zero attached hydrogens (tertiary/aromatic N) is 1. The van der Waals surface area contributed by atoms with Crippen LogP contribution in [0, 0.1) is 0 Å². The maximum atomic E-state index is 12.8. The quantitative estimate of drug-likeness (QED) is 0.0211. The number of esters is 2. The molecule has 0 aliphatic heterocycles. The summed E-state index contributed by atoms with van der Waals surface area (Å²) in [5, 5.41) is 0. The monoisotopic (exact) mass is 1140 g/mol. The van der Waals surface area contributed by atoms with E-state index in [1.54, 1.807) is 0 Å². The number of quaternary nitrogens is 1. The van der Waals surface area contributed by atoms with Crippen molar-refractivity contribution >= 4 is 19.8 Å². The Bertz CT molecular complexity index is 1340. The summed E-state index contributed by atoms with van der Waals surface area (Å²) < 4.78 is 34.7. The highest BCUT2D eigenvalue weighted by molar-refractivity contribution is 7.47. The SMILES string of the molecule is CCCCCCCCCC/C=C\CCCCCCCCCCCC(=O)OC(COC(=O)CCCCCCCCCCCCCCCCCCCCCCCCCCCCCCCCCCCC)COP(=O)(O)OCC[N+](C)(C)C. The molecule has 0 fully saturated rings. The second-order valence-electron chi connectivity index (χ2n) is 25.3. The van der Waals surface area contributed by atoms with Crippen molar-refractivity contribution in [2.75, 3.05) is 47.5 Å². The Balaban J connectivity index is 3.94. The predicted molar refractivity (Wildman–Crippen MR) is 340 cm³/mol. The molecule has 2 unspecified atom stereocenters. The summed E-state index contributed by atoms with van der Waals surface area (Å²) in [5.74, 6) is -0.777. The number of allylic oxidation sites excluding steroid dienone is 2. The van der Waals surface area contributed by atoms with Crippen LogP contribution in [0.25, 0.3) is 0 Å². The summed E-state index contributed by atoms with van der Waals surface area (Å²) in [5.41, 5.74) is 0. The molecule has 0 bridgehead atoms. The van der Waals surface area contributed by atoms with Crippen LogP contribution in [0.1, 0.15) is 367 Å². The van der Waals surface area contributed by atoms with Gasteiger partial charge in [-0.25, -0.2) is 4.57 Å². The third-order valence-electron chi connectivity index (χ3n) is 16.0. The molecule has 0 aromatic rings. The van der Waals surface area contributed by atoms with Crippen molar-refractivity contribution in [1.82, 2.24) is 0 Å². The van der Waals surface area contributed by atoms with Gasteiger partial charge in [0.25, 0.3) is 0 Å². The van der Waals surface area contributed by atoms with Gasteiger partial charge < -0.3 is 18.9 Å². The number of rotatable bonds is 66. The zero-order chi connectivity index (χ0) is 57.7. The van der Waals surface area contributed by atoms with Crippen molar-refractivity contribution in [3.63, 3.8) is 0 Å². The molecule has 470 valence electrons. The molecule has 2 atom stereocenters. The molecule has 0 saturated heterocycles. The van der Waals surface area contributed by atoms with E-state index < -0.39 is 26.5 Å². The molecule has 0 aliphatic carbocycles. The van der Waals surface area contributed by atoms with Crippen LogP contribution in [0.5, 0.6) is 0 Å². The van der Waals surface area contributed by atoms with E-state index in [4.69, 9.17) is 18.5 Å². The molecule has 79 heavy (non-hydrogen) atoms. The Morgan fingerprint density at radius 2 is 0.646 bits per heavy atom. The number of hydrogen-bond acceptors (Lipinski definition) is 7. The van der Waals surface area contributed by atoms with Gasteiger partial charge in [-0.15, -0.1) is 0 Å². The number of ether oxygens (including phenoxy) is 2. The fourth-order valence-corrected chi connectivity index (χ4v) is 11.4. The highest BCUT2D eigenvalue weighted by Crippen LogP contribution is 2.43. The lowest BCUT2D eigenvalue weighted by Gasteiger charge is -2.24. The molecule has 10 heteroatoms. The maximum Gasteiger partial charge on any atom is 0.472 e. The second kappa shape index (κ2) is 61.3. The lowest BCUT2D eigenvalue weighted by molar-refractivity contribution is -0.870. The third-order valence-corrected chi connectivity index (χ3v) is 17.0. The second-order valence-corrected chi connectivity index (χ2v) is 26.7. The number of phosphoric ester groups is 1. The zero-order valence-electron chi connectivity index (χ0n) is 53.7. The van der Waals surface area contributed by atoms with Crippen LogP contribution in [0.2, 0.25) is 0 Å². The van der Waals surface area contributed by atoms with E-state index in [0.717, 1.165) is 32.1 Å². The first kappa shape index (κ1) is 77.8. The van der Waals surface area contributed by atoms with Crippen molar-refractivity contribution in [2.45, 2.75) is 373 Å². The van der Waals surface area contributed by atoms with Gasteiger partial charge in [0.05, 0.1) is 27.7 Å². The predicted octanol–water partition coefficient (Wildman–Crippen LogP) is 22.3. The molecule has 0 saturated carbocycles. The number of phosphoric acid groups is 1. The summed E-state index contributed by atoms with van der Waals surface area (Å²) in [6.07, 6.45) is 74.7. The smallest absolute Gasteiger partial charge is 0.462 e. The van der Waals surface area contributed by atoms with Crippen molar-refractivity contribution in [3.8, 4) is 0 Å². The first-order valence-corrected chi connectivity index (χ1v) is 36.4. The molecule has 0 amide bonds. The lowest BCUT2D eigenvalue weighted by Crippen LogP contribution is -2.37. The van der Waals surface area contributed by atoms with E-state index in [1.807, 2.05) is 21.1 Å². The summed E-state index contributed by atoms with van der Waals surface area (Å²) in [6.45, 7) is 4.51. The summed E-state index contributed by atoms with van der Waals surface area (Å²) in [6, 6.07) is 0. The molecule has 9 nitrogen and oxygen atoms in total. The molecule has 0 aromatic heterocycles. The highest BCUT2D eigenvalue weighted by atomic mass is 31.2. The molecule has 0 rings (SSSR count). The number of carbonyl (C=O) groups is 2. The fraction of sp³-hybridized carbons (Fsp3) is 0.942. The fourth-order valence-electron chi connectivity index (χ4n) is 10.7. The Hall–Kier alpha value is -1.25. The van der Waals surface area contributed by atoms with Gasteiger partial charge in [-0.3, -0.25) is 18.6 Å². The van der Waals surface area contributed by atoms with Gasteiger partial charge in [0.15, 0.2) is 6.10 Å². The summed E-state index contributed by atoms with van der Waals surface area (Å²) in [7, 11) is 1.50. The minimum absolute atomic E-state index is 0.0353. The Morgan fingerprint density at radius 1 is 0.380 bits per heavy atom. The van der Waals surface area contributed by atoms with Gasteiger partial charge in [-0.05, 0) is 38.5 Å². The number of hydrogen-bond donors (Lipinski definition) is 1. The van der Waals surface area contributed by atoms with Gasteiger partial charge in [0, 0.05) is 12.8 Å². The number of carbonyl (C=O) groups excluding carboxylic acids is 2. The van der Waals surface area contributed by atoms with E-state index >= 15 is 0 Å². The van der Waals surface area contributed by atoms with Crippen molar-refractivity contribution in [2.24, 2.45) is 0 Å². The Labute approximate surface area is 492 Å². The largest absolute Gasteiger partial charge is 0.472 e. The van der Waals surface area contributed by atoms with Crippen LogP contribution in [0.15, 0.2) is 12.2 Å². The Morgan fingerprint density at radius 3 is 0.937 bits per heavy atom. The maximum absolute atomic E-state index is 12.8. The van der Waals surface area contributed by atoms with Crippen LogP contribution < -0.4 is 0 Å². The first-order chi connectivity index (χ1) is 38.5. The Kier molecular flexibility index (Phi) is 60.3. The van der Waals surface area contributed by atoms with Gasteiger partial charge in [-0.1, -0.05) is 328 Å². The lowest BCUT2D eigenvalue weighted by atomic mass is 10.0. The summed E-state index contributed by atoms with van der Waals surface area (Å²) >= 11 is 0. The minimum atomic E-state index is -4.39. The van der Waals surface area contributed by atoms with Crippen LogP contribution in [-0.2, 0) is 32.7 Å². The molecule has 0 aliphatic rings. The van der Waals surface area contributed by atoms with Gasteiger partial charge in [0.2, 0.25) is 0 Å². The van der Waals surface area contributed by atoms with Crippen molar-refractivity contribution in [1.29, 1.82) is 0 Å². The van der Waals surface area contributed by atoms with Crippen molar-refractivity contribution < 1.29 is 42.1 Å². The molecular weight excluding hydrogens is 1000 g/mol. The van der Waals surface area contributed by atoms with E-state index in [9.17, 15) is 19.0 Å². The highest BCUT2D eigenvalue weighted by Gasteiger charge is 2.27. The minimum Gasteiger partial charge on any atom is -0.462 e. The van der Waals surface area contributed by atoms with Crippen LogP contribution in [0.3, 0.4) is 0 Å². The molecule has 0 radical (unpaired) electrons. The third kappa shape index (κ3) is 65.8. The van der Waals surface area contributed by atoms with Crippen LogP contribution in [-0.4, -0.2) is 74.9 Å². The van der Waals surface area contributed by atoms with E-state index in [-0.39, 0.29) is 25.6 Å². The van der Waals surface area contributed by atoms with Crippen molar-refractivity contribution in [3.05, 3.63) is 12.2 Å². The first-order valence-electron chi connectivity index (χ1n) is 34.9. The standard InChI is InChI=1S/C69H136NO8P/c1-6-8-10-12-14-16-18-20-22-24-26-28-29-30-31-32-33-34-35-36-37-38-39-40-42-43-45-47-49-51-53-55-57-59-61-68(71)75-65-67(66-77-79(73,74)76-64-63-70(3,4)5)78-69(72)62-60-58-56-54-52-50-48-46-44-41-27-25-23-21-19-17-15-13-11-9-7-2/h25,27,67H,6-24,26,28-66H2,1-5H3/p+1/b27-25-. The molecule has 0 aromatic carbocycles.